The summed E-state index contributed by atoms with van der Waals surface area (Å²) in [5.74, 6) is -1.70. The molecule has 0 unspecified atom stereocenters. The standard InChI is InChI=1S/C9H16O2.C5H8O2/c1-3-4-5-6-7-8(2)9(10)11;1-3-4(2)5(6)7/h2-7H2,1H3,(H,10,11);3H,1-2H3,(H,6,7). The molecule has 0 radical (unpaired) electrons. The summed E-state index contributed by atoms with van der Waals surface area (Å²) in [7, 11) is 0. The van der Waals surface area contributed by atoms with E-state index in [-0.39, 0.29) is 0 Å². The van der Waals surface area contributed by atoms with Gasteiger partial charge in [0.2, 0.25) is 0 Å². The Balaban J connectivity index is 0. The van der Waals surface area contributed by atoms with Crippen LogP contribution in [0.1, 0.15) is 52.9 Å². The lowest BCUT2D eigenvalue weighted by molar-refractivity contribution is -0.133. The Morgan fingerprint density at radius 2 is 1.67 bits per heavy atom. The van der Waals surface area contributed by atoms with E-state index in [0.29, 0.717) is 17.6 Å². The number of carboxylic acid groups (broad SMARTS) is 2. The molecule has 0 aromatic rings. The Morgan fingerprint density at radius 3 is 1.94 bits per heavy atom. The summed E-state index contributed by atoms with van der Waals surface area (Å²) in [6.45, 7) is 8.84. The van der Waals surface area contributed by atoms with Gasteiger partial charge < -0.3 is 10.2 Å². The molecule has 0 heterocycles. The molecule has 0 saturated carbocycles. The van der Waals surface area contributed by atoms with Gasteiger partial charge in [-0.3, -0.25) is 0 Å². The molecule has 0 aromatic carbocycles. The SMILES string of the molecule is C=C(CCCCCC)C(=O)O.CC=C(C)C(=O)O. The number of hydrogen-bond acceptors (Lipinski definition) is 2. The maximum atomic E-state index is 10.3. The van der Waals surface area contributed by atoms with E-state index >= 15 is 0 Å². The maximum Gasteiger partial charge on any atom is 0.330 e. The minimum absolute atomic E-state index is 0.334. The zero-order valence-electron chi connectivity index (χ0n) is 11.5. The molecule has 0 fully saturated rings. The van der Waals surface area contributed by atoms with Crippen molar-refractivity contribution >= 4 is 11.9 Å². The third-order valence-corrected chi connectivity index (χ3v) is 2.40. The fraction of sp³-hybridized carbons (Fsp3) is 0.571. The van der Waals surface area contributed by atoms with Gasteiger partial charge in [-0.2, -0.15) is 0 Å². The van der Waals surface area contributed by atoms with Crippen molar-refractivity contribution in [1.29, 1.82) is 0 Å². The lowest BCUT2D eigenvalue weighted by Gasteiger charge is -1.98. The van der Waals surface area contributed by atoms with Gasteiger partial charge >= 0.3 is 11.9 Å². The molecule has 0 atom stereocenters. The Kier molecular flexibility index (Phi) is 12.4. The summed E-state index contributed by atoms with van der Waals surface area (Å²) in [4.78, 5) is 20.1. The smallest absolute Gasteiger partial charge is 0.330 e. The molecular formula is C14H24O4. The molecule has 2 N–H and O–H groups in total. The van der Waals surface area contributed by atoms with Crippen LogP contribution in [0, 0.1) is 0 Å². The highest BCUT2D eigenvalue weighted by Crippen LogP contribution is 2.07. The van der Waals surface area contributed by atoms with Gasteiger partial charge in [0.25, 0.3) is 0 Å². The number of rotatable bonds is 7. The van der Waals surface area contributed by atoms with E-state index in [4.69, 9.17) is 10.2 Å². The summed E-state index contributed by atoms with van der Waals surface area (Å²) in [5, 5.41) is 16.6. The van der Waals surface area contributed by atoms with Gasteiger partial charge in [-0.1, -0.05) is 38.8 Å². The number of carboxylic acids is 2. The van der Waals surface area contributed by atoms with Crippen LogP contribution in [-0.4, -0.2) is 22.2 Å². The minimum atomic E-state index is -0.860. The van der Waals surface area contributed by atoms with Gasteiger partial charge in [0.15, 0.2) is 0 Å². The molecule has 0 aromatic heterocycles. The predicted molar refractivity (Wildman–Crippen MR) is 72.6 cm³/mol. The van der Waals surface area contributed by atoms with Crippen molar-refractivity contribution in [2.24, 2.45) is 0 Å². The van der Waals surface area contributed by atoms with Crippen molar-refractivity contribution in [3.63, 3.8) is 0 Å². The first kappa shape index (κ1) is 18.8. The third-order valence-electron chi connectivity index (χ3n) is 2.40. The topological polar surface area (TPSA) is 74.6 Å². The normalized spacial score (nSPS) is 10.3. The monoisotopic (exact) mass is 256 g/mol. The molecule has 0 aliphatic rings. The molecule has 18 heavy (non-hydrogen) atoms. The summed E-state index contributed by atoms with van der Waals surface area (Å²) in [5.41, 5.74) is 0.723. The van der Waals surface area contributed by atoms with Crippen LogP contribution in [0.5, 0.6) is 0 Å². The van der Waals surface area contributed by atoms with Crippen molar-refractivity contribution in [1.82, 2.24) is 0 Å². The molecule has 0 spiro atoms. The summed E-state index contributed by atoms with van der Waals surface area (Å²) < 4.78 is 0. The molecule has 0 saturated heterocycles. The first-order valence-corrected chi connectivity index (χ1v) is 6.14. The van der Waals surface area contributed by atoms with Gasteiger partial charge in [-0.15, -0.1) is 0 Å². The van der Waals surface area contributed by atoms with Crippen LogP contribution in [0.15, 0.2) is 23.8 Å². The number of hydrogen-bond donors (Lipinski definition) is 2. The first-order chi connectivity index (χ1) is 8.36. The Morgan fingerprint density at radius 1 is 1.11 bits per heavy atom. The van der Waals surface area contributed by atoms with E-state index in [2.05, 4.69) is 13.5 Å². The van der Waals surface area contributed by atoms with Crippen molar-refractivity contribution < 1.29 is 19.8 Å². The first-order valence-electron chi connectivity index (χ1n) is 6.14. The molecule has 0 aliphatic heterocycles. The Hall–Kier alpha value is -1.58. The van der Waals surface area contributed by atoms with Crippen molar-refractivity contribution in [3.8, 4) is 0 Å². The van der Waals surface area contributed by atoms with Crippen LogP contribution in [0.25, 0.3) is 0 Å². The lowest BCUT2D eigenvalue weighted by atomic mass is 10.1. The molecule has 4 heteroatoms. The fourth-order valence-electron chi connectivity index (χ4n) is 0.996. The largest absolute Gasteiger partial charge is 0.478 e. The van der Waals surface area contributed by atoms with E-state index in [1.54, 1.807) is 19.9 Å². The van der Waals surface area contributed by atoms with E-state index in [0.717, 1.165) is 12.8 Å². The maximum absolute atomic E-state index is 10.3. The molecule has 4 nitrogen and oxygen atoms in total. The van der Waals surface area contributed by atoms with Gasteiger partial charge in [0, 0.05) is 11.1 Å². The average Bonchev–Trinajstić information content (AvgIpc) is 2.33. The third kappa shape index (κ3) is 12.5. The molecule has 0 aliphatic carbocycles. The van der Waals surface area contributed by atoms with E-state index < -0.39 is 11.9 Å². The lowest BCUT2D eigenvalue weighted by Crippen LogP contribution is -1.98. The van der Waals surface area contributed by atoms with E-state index in [1.807, 2.05) is 0 Å². The number of unbranched alkanes of at least 4 members (excludes halogenated alkanes) is 3. The predicted octanol–water partition coefficient (Wildman–Crippen LogP) is 3.63. The number of allylic oxidation sites excluding steroid dienone is 1. The van der Waals surface area contributed by atoms with Crippen LogP contribution < -0.4 is 0 Å². The van der Waals surface area contributed by atoms with Crippen LogP contribution in [0.2, 0.25) is 0 Å². The number of aliphatic carboxylic acids is 2. The number of carbonyl (C=O) groups is 2. The summed E-state index contributed by atoms with van der Waals surface area (Å²) >= 11 is 0. The molecule has 0 rings (SSSR count). The zero-order chi connectivity index (χ0) is 14.6. The molecule has 0 bridgehead atoms. The van der Waals surface area contributed by atoms with Gasteiger partial charge in [0.1, 0.15) is 0 Å². The fourth-order valence-corrected chi connectivity index (χ4v) is 0.996. The summed E-state index contributed by atoms with van der Waals surface area (Å²) in [6, 6.07) is 0. The van der Waals surface area contributed by atoms with E-state index in [1.165, 1.54) is 12.8 Å². The average molecular weight is 256 g/mol. The second-order valence-electron chi connectivity index (χ2n) is 4.00. The van der Waals surface area contributed by atoms with Gasteiger partial charge in [-0.25, -0.2) is 9.59 Å². The van der Waals surface area contributed by atoms with Crippen LogP contribution in [0.4, 0.5) is 0 Å². The van der Waals surface area contributed by atoms with Gasteiger partial charge in [0.05, 0.1) is 0 Å². The van der Waals surface area contributed by atoms with Crippen LogP contribution in [0.3, 0.4) is 0 Å². The zero-order valence-corrected chi connectivity index (χ0v) is 11.5. The Labute approximate surface area is 109 Å². The highest BCUT2D eigenvalue weighted by molar-refractivity contribution is 5.85. The Bertz CT molecular complexity index is 303. The molecular weight excluding hydrogens is 232 g/mol. The highest BCUT2D eigenvalue weighted by atomic mass is 16.4. The van der Waals surface area contributed by atoms with E-state index in [9.17, 15) is 9.59 Å². The molecule has 104 valence electrons. The molecule has 0 amide bonds. The van der Waals surface area contributed by atoms with Crippen molar-refractivity contribution in [3.05, 3.63) is 23.8 Å². The van der Waals surface area contributed by atoms with Crippen molar-refractivity contribution in [2.45, 2.75) is 52.9 Å². The van der Waals surface area contributed by atoms with Crippen LogP contribution >= 0.6 is 0 Å². The second-order valence-corrected chi connectivity index (χ2v) is 4.00. The minimum Gasteiger partial charge on any atom is -0.478 e. The van der Waals surface area contributed by atoms with Crippen LogP contribution in [-0.2, 0) is 9.59 Å². The van der Waals surface area contributed by atoms with Crippen molar-refractivity contribution in [2.75, 3.05) is 0 Å². The second kappa shape index (κ2) is 11.9. The highest BCUT2D eigenvalue weighted by Gasteiger charge is 2.01. The quantitative estimate of drug-likeness (QED) is 0.538. The summed E-state index contributed by atoms with van der Waals surface area (Å²) in [6.07, 6.45) is 6.63. The van der Waals surface area contributed by atoms with Gasteiger partial charge in [-0.05, 0) is 26.7 Å².